The van der Waals surface area contributed by atoms with Crippen molar-refractivity contribution in [3.05, 3.63) is 70.7 Å². The molecule has 1 radical (unpaired) electrons. The first-order chi connectivity index (χ1) is 41.4. The molecule has 90 heavy (non-hydrogen) atoms. The zero-order valence-corrected chi connectivity index (χ0v) is 60.3. The van der Waals surface area contributed by atoms with E-state index in [9.17, 15) is 19.2 Å². The predicted molar refractivity (Wildman–Crippen MR) is 376 cm³/mol. The maximum atomic E-state index is 12.1. The Bertz CT molecular complexity index is 2670. The molecule has 9 aliphatic rings. The molecule has 0 spiro atoms. The van der Waals surface area contributed by atoms with Gasteiger partial charge in [0.25, 0.3) is 0 Å². The van der Waals surface area contributed by atoms with Crippen LogP contribution in [0, 0.1) is 11.8 Å². The summed E-state index contributed by atoms with van der Waals surface area (Å²) in [7, 11) is 4.02. The number of carbonyl (C=O) groups excluding carboxylic acids is 4. The van der Waals surface area contributed by atoms with E-state index in [-0.39, 0.29) is 56.7 Å². The Morgan fingerprint density at radius 3 is 1.31 bits per heavy atom. The van der Waals surface area contributed by atoms with E-state index in [4.69, 9.17) is 33.4 Å². The summed E-state index contributed by atoms with van der Waals surface area (Å²) in [5.41, 5.74) is 3.65. The van der Waals surface area contributed by atoms with Crippen LogP contribution >= 0.6 is 44.7 Å². The summed E-state index contributed by atoms with van der Waals surface area (Å²) < 4.78 is 38.3. The van der Waals surface area contributed by atoms with Gasteiger partial charge >= 0.3 is 56.2 Å². The number of amides is 4. The second-order valence-corrected chi connectivity index (χ2v) is 29.1. The molecule has 9 heterocycles. The summed E-state index contributed by atoms with van der Waals surface area (Å²) in [5.74, 6) is 1.05. The van der Waals surface area contributed by atoms with E-state index in [2.05, 4.69) is 101 Å². The van der Waals surface area contributed by atoms with Gasteiger partial charge in [0.2, 0.25) is 0 Å². The summed E-state index contributed by atoms with van der Waals surface area (Å²) >= 11 is 9.82. The second kappa shape index (κ2) is 37.9. The van der Waals surface area contributed by atoms with Gasteiger partial charge in [0.1, 0.15) is 27.0 Å². The Morgan fingerprint density at radius 1 is 0.611 bits per heavy atom. The van der Waals surface area contributed by atoms with Gasteiger partial charge in [-0.2, -0.15) is 0 Å². The average Bonchev–Trinajstić information content (AvgIpc) is 2.42. The number of hydrogen-bond acceptors (Lipinski definition) is 17. The molecule has 4 amide bonds. The van der Waals surface area contributed by atoms with Crippen LogP contribution in [0.1, 0.15) is 189 Å². The van der Waals surface area contributed by atoms with Gasteiger partial charge in [0.15, 0.2) is 0 Å². The first-order valence-electron chi connectivity index (χ1n) is 30.9. The average molecular weight is 1400 g/mol. The van der Waals surface area contributed by atoms with Crippen LogP contribution in [0.4, 0.5) is 19.2 Å². The molecule has 0 unspecified atom stereocenters. The zero-order valence-electron chi connectivity index (χ0n) is 56.2. The van der Waals surface area contributed by atoms with Crippen molar-refractivity contribution in [1.29, 1.82) is 0 Å². The third-order valence-corrected chi connectivity index (χ3v) is 15.6. The first kappa shape index (κ1) is 81.4. The number of aliphatic hydroxyl groups is 1. The van der Waals surface area contributed by atoms with Crippen molar-refractivity contribution in [2.75, 3.05) is 59.0 Å². The van der Waals surface area contributed by atoms with Gasteiger partial charge in [0.05, 0.1) is 15.8 Å². The van der Waals surface area contributed by atoms with Gasteiger partial charge in [-0.15, -0.1) is 0 Å². The maximum absolute atomic E-state index is 12.1. The van der Waals surface area contributed by atoms with Crippen LogP contribution in [0.15, 0.2) is 95.0 Å². The topological polar surface area (TPSA) is 219 Å². The standard InChI is InChI=1S/C16H28BNO4.C14H21BrN2O2.C14H22N2O2.C14H20N2O2.C4H4BrN.C2H6O.CH4.BHNS/c1-14(2,3)20-13(19)18-10-8-12(9-11-18)17-21-15(4,5)16(6,7)22-17;1-14(2,3)19-13(18)17-8-6-10(7-9-17)11-4-5-12(15)16-11;2*1-14(2,3)18-13(17)16-9-6-11(7-10-16)12-5-4-8-15-12;5-4-2-1-3-6-4;1-2-3;;1-2-3/h8H,9-11H2,1-7H3;5,10H,4,6-9H2,1-3H3;4,8,11H,5-7,9-10H2,1-3H3;4,6,8H,5,7,9-10H2,1-3H3;1,3H,2H2;3H,2H2,1H3;1H4;3H. The minimum atomic E-state index is -0.465. The molecule has 9 rings (SSSR count). The molecule has 503 valence electrons. The molecule has 3 saturated heterocycles. The summed E-state index contributed by atoms with van der Waals surface area (Å²) in [6, 6.07) is 0. The van der Waals surface area contributed by atoms with Crippen molar-refractivity contribution >= 4 is 106 Å². The van der Waals surface area contributed by atoms with E-state index < -0.39 is 22.4 Å². The molecule has 0 atom stereocenters. The number of carbonyl (C=O) groups is 4. The van der Waals surface area contributed by atoms with Gasteiger partial charge in [0, 0.05) is 132 Å². The molecular formula is C65H106B2Br2N9O11S. The number of ether oxygens (including phenoxy) is 4. The molecular weight excluding hydrogens is 1300 g/mol. The van der Waals surface area contributed by atoms with Crippen molar-refractivity contribution < 1.29 is 52.5 Å². The number of allylic oxidation sites excluding steroid dienone is 4. The number of aliphatic hydroxyl groups excluding tert-OH is 1. The molecule has 1 N–H and O–H groups in total. The zero-order chi connectivity index (χ0) is 67.0. The molecule has 0 aromatic rings. The number of rotatable bonds is 4. The second-order valence-electron chi connectivity index (χ2n) is 27.2. The van der Waals surface area contributed by atoms with Crippen LogP contribution < -0.4 is 0 Å². The normalized spacial score (nSPS) is 20.1. The predicted octanol–water partition coefficient (Wildman–Crippen LogP) is 15.3. The fourth-order valence-electron chi connectivity index (χ4n) is 9.48. The number of halogens is 2. The number of aliphatic imine (C=N–C) groups is 4. The minimum absolute atomic E-state index is 0. The summed E-state index contributed by atoms with van der Waals surface area (Å²) in [4.78, 5) is 71.9. The Hall–Kier alpha value is -4.68. The van der Waals surface area contributed by atoms with Crippen LogP contribution in [-0.4, -0.2) is 178 Å². The molecule has 0 aromatic carbocycles. The number of nitrogens with zero attached hydrogens (tertiary/aromatic N) is 9. The molecule has 9 aliphatic heterocycles. The Balaban J connectivity index is 0.000000384. The summed E-state index contributed by atoms with van der Waals surface area (Å²) in [5, 5.41) is 7.57. The molecule has 0 aliphatic carbocycles. The van der Waals surface area contributed by atoms with Crippen molar-refractivity contribution in [3.63, 3.8) is 0 Å². The van der Waals surface area contributed by atoms with Gasteiger partial charge in [-0.1, -0.05) is 37.8 Å². The van der Waals surface area contributed by atoms with E-state index in [1.807, 2.05) is 140 Å². The molecule has 0 bridgehead atoms. The SMILES string of the molecule is BrC1=NC=CC1.C.CC(C)(C)OC(=O)N1CC=C(B2OC(C)(C)C(C)(C)O2)CC1.CC(C)(C)OC(=O)N1CC=C(C2=NC=CC2)CC1.CC(C)(C)OC(=O)N1CCC(C2=NC(Br)=CC2)CC1.CC(C)(C)OC(=O)N1CCC(C2=NC=CC2)CC1.CCO.[B]=NS. The van der Waals surface area contributed by atoms with E-state index in [0.29, 0.717) is 38.0 Å². The first-order valence-corrected chi connectivity index (χ1v) is 32.9. The Morgan fingerprint density at radius 2 is 1.00 bits per heavy atom. The van der Waals surface area contributed by atoms with Crippen molar-refractivity contribution in [2.24, 2.45) is 36.1 Å². The quantitative estimate of drug-likeness (QED) is 0.117. The van der Waals surface area contributed by atoms with Crippen LogP contribution in [0.25, 0.3) is 0 Å². The number of piperidine rings is 2. The van der Waals surface area contributed by atoms with Crippen molar-refractivity contribution in [1.82, 2.24) is 19.6 Å². The van der Waals surface area contributed by atoms with E-state index >= 15 is 0 Å². The Kier molecular flexibility index (Phi) is 34.3. The van der Waals surface area contributed by atoms with Crippen LogP contribution in [0.5, 0.6) is 0 Å². The molecule has 25 heteroatoms. The van der Waals surface area contributed by atoms with Gasteiger partial charge < -0.3 is 53.0 Å². The van der Waals surface area contributed by atoms with E-state index in [0.717, 1.165) is 111 Å². The van der Waals surface area contributed by atoms with Gasteiger partial charge in [-0.05, 0) is 205 Å². The van der Waals surface area contributed by atoms with Crippen molar-refractivity contribution in [2.45, 2.75) is 223 Å². The molecule has 3 fully saturated rings. The van der Waals surface area contributed by atoms with E-state index in [1.54, 1.807) is 27.8 Å². The third-order valence-electron chi connectivity index (χ3n) is 14.6. The third kappa shape index (κ3) is 30.4. The molecule has 0 aromatic heterocycles. The van der Waals surface area contributed by atoms with Crippen LogP contribution in [0.3, 0.4) is 0 Å². The fourth-order valence-corrected chi connectivity index (χ4v) is 10.2. The molecule has 0 saturated carbocycles. The number of hydrogen-bond donors (Lipinski definition) is 2. The fraction of sp³-hybridized carbons (Fsp3) is 0.692. The van der Waals surface area contributed by atoms with E-state index in [1.165, 1.54) is 17.0 Å². The van der Waals surface area contributed by atoms with Crippen molar-refractivity contribution in [3.8, 4) is 0 Å². The van der Waals surface area contributed by atoms with Crippen LogP contribution in [0.2, 0.25) is 0 Å². The monoisotopic (exact) mass is 1400 g/mol. The number of likely N-dealkylation sites (tertiary alicyclic amines) is 2. The number of thiol groups is 1. The summed E-state index contributed by atoms with van der Waals surface area (Å²) in [6.07, 6.45) is 26.4. The van der Waals surface area contributed by atoms with Gasteiger partial charge in [-0.25, -0.2) is 19.2 Å². The van der Waals surface area contributed by atoms with Crippen LogP contribution in [-0.2, 0) is 28.3 Å². The molecule has 20 nitrogen and oxygen atoms in total. The summed E-state index contributed by atoms with van der Waals surface area (Å²) in [6.45, 7) is 38.3. The Labute approximate surface area is 563 Å². The van der Waals surface area contributed by atoms with Gasteiger partial charge in [-0.3, -0.25) is 20.0 Å².